The summed E-state index contributed by atoms with van der Waals surface area (Å²) in [6.45, 7) is 1.77. The third-order valence-electron chi connectivity index (χ3n) is 3.27. The molecule has 0 spiro atoms. The summed E-state index contributed by atoms with van der Waals surface area (Å²) in [4.78, 5) is 22.9. The molecule has 2 aromatic carbocycles. The van der Waals surface area contributed by atoms with E-state index in [0.29, 0.717) is 16.8 Å². The normalized spacial score (nSPS) is 10.7. The van der Waals surface area contributed by atoms with E-state index in [9.17, 15) is 14.9 Å². The molecule has 0 amide bonds. The highest BCUT2D eigenvalue weighted by atomic mass is 16.6. The van der Waals surface area contributed by atoms with Crippen LogP contribution in [0, 0.1) is 17.0 Å². The zero-order valence-corrected chi connectivity index (χ0v) is 11.2. The Morgan fingerprint density at radius 2 is 1.90 bits per heavy atom. The Morgan fingerprint density at radius 1 is 1.19 bits per heavy atom. The van der Waals surface area contributed by atoms with Crippen LogP contribution in [-0.2, 0) is 0 Å². The van der Waals surface area contributed by atoms with Crippen LogP contribution in [0.4, 0.5) is 5.69 Å². The minimum absolute atomic E-state index is 0.0653. The molecule has 0 atom stereocenters. The van der Waals surface area contributed by atoms with E-state index in [4.69, 9.17) is 0 Å². The van der Waals surface area contributed by atoms with Crippen molar-refractivity contribution in [1.82, 2.24) is 9.78 Å². The quantitative estimate of drug-likeness (QED) is 0.534. The highest BCUT2D eigenvalue weighted by Crippen LogP contribution is 2.24. The van der Waals surface area contributed by atoms with Crippen LogP contribution in [-0.4, -0.2) is 20.6 Å². The molecule has 0 fully saturated rings. The van der Waals surface area contributed by atoms with Gasteiger partial charge in [-0.2, -0.15) is 9.78 Å². The van der Waals surface area contributed by atoms with Gasteiger partial charge in [0.25, 0.3) is 11.6 Å². The Hall–Kier alpha value is -3.02. The van der Waals surface area contributed by atoms with Crippen molar-refractivity contribution in [2.45, 2.75) is 6.92 Å². The van der Waals surface area contributed by atoms with E-state index in [1.807, 2.05) is 6.07 Å². The molecule has 3 rings (SSSR count). The van der Waals surface area contributed by atoms with E-state index in [0.717, 1.165) is 5.39 Å². The Labute approximate surface area is 119 Å². The van der Waals surface area contributed by atoms with Crippen molar-refractivity contribution in [1.29, 1.82) is 0 Å². The maximum Gasteiger partial charge on any atom is 0.278 e. The van der Waals surface area contributed by atoms with Crippen LogP contribution in [0.2, 0.25) is 0 Å². The predicted octanol–water partition coefficient (Wildman–Crippen LogP) is 2.94. The largest absolute Gasteiger partial charge is 0.278 e. The maximum atomic E-state index is 12.5. The van der Waals surface area contributed by atoms with E-state index in [-0.39, 0.29) is 11.6 Å². The van der Waals surface area contributed by atoms with Crippen molar-refractivity contribution in [3.8, 4) is 0 Å². The van der Waals surface area contributed by atoms with Gasteiger partial charge in [-0.3, -0.25) is 14.9 Å². The van der Waals surface area contributed by atoms with Gasteiger partial charge in [-0.25, -0.2) is 0 Å². The van der Waals surface area contributed by atoms with Crippen LogP contribution in [0.25, 0.3) is 10.9 Å². The summed E-state index contributed by atoms with van der Waals surface area (Å²) in [5.74, 6) is -0.311. The minimum atomic E-state index is -0.487. The van der Waals surface area contributed by atoms with Gasteiger partial charge in [-0.15, -0.1) is 0 Å². The van der Waals surface area contributed by atoms with Crippen molar-refractivity contribution >= 4 is 22.5 Å². The van der Waals surface area contributed by atoms with Gasteiger partial charge in [0.05, 0.1) is 16.1 Å². The number of nitrogens with zero attached hydrogens (tertiary/aromatic N) is 3. The fraction of sp³-hybridized carbons (Fsp3) is 0.0667. The van der Waals surface area contributed by atoms with E-state index in [1.165, 1.54) is 16.8 Å². The summed E-state index contributed by atoms with van der Waals surface area (Å²) in [6.07, 6.45) is 0. The predicted molar refractivity (Wildman–Crippen MR) is 77.3 cm³/mol. The SMILES string of the molecule is Cc1nn(C(=O)c2ccccc2)c2cc([N+](=O)[O-])ccc12. The molecular formula is C15H11N3O3. The van der Waals surface area contributed by atoms with E-state index in [1.54, 1.807) is 37.3 Å². The molecule has 0 radical (unpaired) electrons. The molecule has 0 saturated carbocycles. The zero-order chi connectivity index (χ0) is 15.0. The van der Waals surface area contributed by atoms with Crippen LogP contribution in [0.3, 0.4) is 0 Å². The third kappa shape index (κ3) is 2.16. The molecule has 0 bridgehead atoms. The van der Waals surface area contributed by atoms with Gasteiger partial charge in [0.15, 0.2) is 0 Å². The number of nitro benzene ring substituents is 1. The van der Waals surface area contributed by atoms with Crippen LogP contribution in [0.5, 0.6) is 0 Å². The number of fused-ring (bicyclic) bond motifs is 1. The number of aromatic nitrogens is 2. The lowest BCUT2D eigenvalue weighted by molar-refractivity contribution is -0.384. The fourth-order valence-electron chi connectivity index (χ4n) is 2.23. The van der Waals surface area contributed by atoms with E-state index in [2.05, 4.69) is 5.10 Å². The molecule has 104 valence electrons. The van der Waals surface area contributed by atoms with Crippen LogP contribution < -0.4 is 0 Å². The average molecular weight is 281 g/mol. The van der Waals surface area contributed by atoms with Gasteiger partial charge in [0, 0.05) is 23.1 Å². The Bertz CT molecular complexity index is 853. The van der Waals surface area contributed by atoms with E-state index >= 15 is 0 Å². The molecule has 0 aliphatic carbocycles. The molecular weight excluding hydrogens is 270 g/mol. The summed E-state index contributed by atoms with van der Waals surface area (Å²) in [7, 11) is 0. The first-order valence-electron chi connectivity index (χ1n) is 6.31. The number of non-ortho nitro benzene ring substituents is 1. The molecule has 0 unspecified atom stereocenters. The average Bonchev–Trinajstić information content (AvgIpc) is 2.84. The van der Waals surface area contributed by atoms with Crippen LogP contribution in [0.15, 0.2) is 48.5 Å². The van der Waals surface area contributed by atoms with Gasteiger partial charge < -0.3 is 0 Å². The summed E-state index contributed by atoms with van der Waals surface area (Å²) in [5.41, 5.74) is 1.51. The highest BCUT2D eigenvalue weighted by Gasteiger charge is 2.17. The van der Waals surface area contributed by atoms with Crippen molar-refractivity contribution < 1.29 is 9.72 Å². The van der Waals surface area contributed by atoms with Crippen molar-refractivity contribution in [3.63, 3.8) is 0 Å². The zero-order valence-electron chi connectivity index (χ0n) is 11.2. The van der Waals surface area contributed by atoms with Crippen molar-refractivity contribution in [2.75, 3.05) is 0 Å². The number of rotatable bonds is 2. The second-order valence-electron chi connectivity index (χ2n) is 4.63. The standard InChI is InChI=1S/C15H11N3O3/c1-10-13-8-7-12(18(20)21)9-14(13)17(16-10)15(19)11-5-3-2-4-6-11/h2-9H,1H3. The van der Waals surface area contributed by atoms with Gasteiger partial charge in [-0.05, 0) is 25.1 Å². The molecule has 0 aliphatic heterocycles. The molecule has 6 heteroatoms. The topological polar surface area (TPSA) is 78.0 Å². The second-order valence-corrected chi connectivity index (χ2v) is 4.63. The first-order chi connectivity index (χ1) is 10.1. The number of carbonyl (C=O) groups excluding carboxylic acids is 1. The number of aryl methyl sites for hydroxylation is 1. The monoisotopic (exact) mass is 281 g/mol. The van der Waals surface area contributed by atoms with Crippen LogP contribution >= 0.6 is 0 Å². The minimum Gasteiger partial charge on any atom is -0.267 e. The van der Waals surface area contributed by atoms with Crippen molar-refractivity contribution in [2.24, 2.45) is 0 Å². The summed E-state index contributed by atoms with van der Waals surface area (Å²) < 4.78 is 1.22. The fourth-order valence-corrected chi connectivity index (χ4v) is 2.23. The lowest BCUT2D eigenvalue weighted by Crippen LogP contribution is -2.13. The number of hydrogen-bond acceptors (Lipinski definition) is 4. The molecule has 0 saturated heterocycles. The lowest BCUT2D eigenvalue weighted by Gasteiger charge is -2.02. The Kier molecular flexibility index (Phi) is 2.98. The highest BCUT2D eigenvalue weighted by molar-refractivity contribution is 6.01. The molecule has 1 heterocycles. The molecule has 3 aromatic rings. The van der Waals surface area contributed by atoms with Gasteiger partial charge in [-0.1, -0.05) is 18.2 Å². The number of benzene rings is 2. The summed E-state index contributed by atoms with van der Waals surface area (Å²) in [5, 5.41) is 15.8. The van der Waals surface area contributed by atoms with Gasteiger partial charge in [0.1, 0.15) is 0 Å². The third-order valence-corrected chi connectivity index (χ3v) is 3.27. The molecule has 1 aromatic heterocycles. The molecule has 0 N–H and O–H groups in total. The van der Waals surface area contributed by atoms with Gasteiger partial charge in [0.2, 0.25) is 0 Å². The number of nitro groups is 1. The molecule has 6 nitrogen and oxygen atoms in total. The van der Waals surface area contributed by atoms with Gasteiger partial charge >= 0.3 is 0 Å². The number of hydrogen-bond donors (Lipinski definition) is 0. The Morgan fingerprint density at radius 3 is 2.57 bits per heavy atom. The first kappa shape index (κ1) is 13.0. The molecule has 21 heavy (non-hydrogen) atoms. The van der Waals surface area contributed by atoms with E-state index < -0.39 is 4.92 Å². The Balaban J connectivity index is 2.20. The van der Waals surface area contributed by atoms with Crippen LogP contribution in [0.1, 0.15) is 16.1 Å². The molecule has 0 aliphatic rings. The van der Waals surface area contributed by atoms with Crippen molar-refractivity contribution in [3.05, 3.63) is 69.9 Å². The second kappa shape index (κ2) is 4.82. The smallest absolute Gasteiger partial charge is 0.267 e. The summed E-state index contributed by atoms with van der Waals surface area (Å²) >= 11 is 0. The maximum absolute atomic E-state index is 12.5. The first-order valence-corrected chi connectivity index (χ1v) is 6.31. The summed E-state index contributed by atoms with van der Waals surface area (Å²) in [6, 6.07) is 13.1. The lowest BCUT2D eigenvalue weighted by atomic mass is 10.2. The number of carbonyl (C=O) groups is 1.